The van der Waals surface area contributed by atoms with Gasteiger partial charge in [0.2, 0.25) is 10.0 Å². The summed E-state index contributed by atoms with van der Waals surface area (Å²) in [7, 11) is -3.11. The van der Waals surface area contributed by atoms with Crippen LogP contribution in [-0.2, 0) is 23.0 Å². The highest BCUT2D eigenvalue weighted by Gasteiger charge is 2.25. The molecule has 0 atom stereocenters. The maximum Gasteiger partial charge on any atom is 0.211 e. The molecule has 18 heavy (non-hydrogen) atoms. The quantitative estimate of drug-likeness (QED) is 0.854. The van der Waals surface area contributed by atoms with E-state index < -0.39 is 10.0 Å². The molecule has 0 amide bonds. The molecule has 0 unspecified atom stereocenters. The van der Waals surface area contributed by atoms with E-state index in [1.165, 1.54) is 17.5 Å². The standard InChI is InChI=1S/C13H16N2O2S/c1-9-3-4-12-10(7-9)11-8-15(18(2,16)17)6-5-13(11)14-12/h3-4,7,14H,5-6,8H2,1-2H3. The van der Waals surface area contributed by atoms with E-state index in [0.29, 0.717) is 13.1 Å². The van der Waals surface area contributed by atoms with Crippen molar-refractivity contribution in [3.8, 4) is 0 Å². The lowest BCUT2D eigenvalue weighted by Gasteiger charge is -2.24. The lowest BCUT2D eigenvalue weighted by Crippen LogP contribution is -2.34. The lowest BCUT2D eigenvalue weighted by atomic mass is 10.0. The van der Waals surface area contributed by atoms with Gasteiger partial charge in [0.1, 0.15) is 0 Å². The molecule has 1 aliphatic rings. The van der Waals surface area contributed by atoms with Crippen LogP contribution in [0.1, 0.15) is 16.8 Å². The first-order valence-electron chi connectivity index (χ1n) is 6.00. The van der Waals surface area contributed by atoms with Crippen molar-refractivity contribution in [1.82, 2.24) is 9.29 Å². The number of nitrogens with one attached hydrogen (secondary N) is 1. The Kier molecular flexibility index (Phi) is 2.50. The van der Waals surface area contributed by atoms with Crippen LogP contribution in [0.2, 0.25) is 0 Å². The summed E-state index contributed by atoms with van der Waals surface area (Å²) < 4.78 is 24.8. The van der Waals surface area contributed by atoms with Gasteiger partial charge in [0.05, 0.1) is 6.26 Å². The Morgan fingerprint density at radius 3 is 2.83 bits per heavy atom. The van der Waals surface area contributed by atoms with E-state index in [2.05, 4.69) is 30.1 Å². The lowest BCUT2D eigenvalue weighted by molar-refractivity contribution is 0.395. The Labute approximate surface area is 107 Å². The molecule has 96 valence electrons. The molecular formula is C13H16N2O2S. The Balaban J connectivity index is 2.14. The van der Waals surface area contributed by atoms with Crippen molar-refractivity contribution in [2.45, 2.75) is 19.9 Å². The number of benzene rings is 1. The van der Waals surface area contributed by atoms with Crippen molar-refractivity contribution in [2.24, 2.45) is 0 Å². The third-order valence-electron chi connectivity index (χ3n) is 3.56. The van der Waals surface area contributed by atoms with Crippen LogP contribution in [0.5, 0.6) is 0 Å². The monoisotopic (exact) mass is 264 g/mol. The number of nitrogens with zero attached hydrogens (tertiary/aromatic N) is 1. The van der Waals surface area contributed by atoms with Gasteiger partial charge in [-0.3, -0.25) is 0 Å². The molecule has 1 aromatic heterocycles. The van der Waals surface area contributed by atoms with Gasteiger partial charge in [-0.05, 0) is 24.6 Å². The van der Waals surface area contributed by atoms with E-state index in [-0.39, 0.29) is 0 Å². The fraction of sp³-hybridized carbons (Fsp3) is 0.385. The van der Waals surface area contributed by atoms with E-state index in [9.17, 15) is 8.42 Å². The number of hydrogen-bond donors (Lipinski definition) is 1. The van der Waals surface area contributed by atoms with E-state index in [4.69, 9.17) is 0 Å². The topological polar surface area (TPSA) is 53.2 Å². The number of hydrogen-bond acceptors (Lipinski definition) is 2. The van der Waals surface area contributed by atoms with Crippen LogP contribution in [0.4, 0.5) is 0 Å². The Hall–Kier alpha value is -1.33. The highest BCUT2D eigenvalue weighted by Crippen LogP contribution is 2.29. The van der Waals surface area contributed by atoms with Crippen molar-refractivity contribution >= 4 is 20.9 Å². The average molecular weight is 264 g/mol. The highest BCUT2D eigenvalue weighted by atomic mass is 32.2. The zero-order valence-electron chi connectivity index (χ0n) is 10.5. The van der Waals surface area contributed by atoms with Gasteiger partial charge in [-0.25, -0.2) is 8.42 Å². The summed E-state index contributed by atoms with van der Waals surface area (Å²) in [5.74, 6) is 0. The van der Waals surface area contributed by atoms with Crippen LogP contribution in [0.25, 0.3) is 10.9 Å². The average Bonchev–Trinajstić information content (AvgIpc) is 2.65. The predicted molar refractivity (Wildman–Crippen MR) is 72.0 cm³/mol. The first kappa shape index (κ1) is 11.7. The van der Waals surface area contributed by atoms with Gasteiger partial charge in [-0.15, -0.1) is 0 Å². The van der Waals surface area contributed by atoms with Crippen LogP contribution in [-0.4, -0.2) is 30.5 Å². The van der Waals surface area contributed by atoms with Crippen LogP contribution >= 0.6 is 0 Å². The molecule has 4 nitrogen and oxygen atoms in total. The van der Waals surface area contributed by atoms with Crippen LogP contribution < -0.4 is 0 Å². The second kappa shape index (κ2) is 3.83. The van der Waals surface area contributed by atoms with Crippen LogP contribution in [0.3, 0.4) is 0 Å². The number of sulfonamides is 1. The minimum atomic E-state index is -3.11. The molecule has 5 heteroatoms. The van der Waals surface area contributed by atoms with Crippen molar-refractivity contribution in [3.05, 3.63) is 35.0 Å². The summed E-state index contributed by atoms with van der Waals surface area (Å²) in [5.41, 5.74) is 4.60. The van der Waals surface area contributed by atoms with Gasteiger partial charge in [0.25, 0.3) is 0 Å². The number of rotatable bonds is 1. The SMILES string of the molecule is Cc1ccc2[nH]c3c(c2c1)CN(S(C)(=O)=O)CC3. The molecule has 1 aromatic carbocycles. The molecule has 0 radical (unpaired) electrons. The first-order chi connectivity index (χ1) is 8.45. The molecule has 0 saturated carbocycles. The van der Waals surface area contributed by atoms with Gasteiger partial charge in [0, 0.05) is 36.1 Å². The van der Waals surface area contributed by atoms with Crippen molar-refractivity contribution < 1.29 is 8.42 Å². The minimum Gasteiger partial charge on any atom is -0.358 e. The smallest absolute Gasteiger partial charge is 0.211 e. The second-order valence-electron chi connectivity index (χ2n) is 4.98. The normalized spacial score (nSPS) is 17.0. The van der Waals surface area contributed by atoms with Crippen molar-refractivity contribution in [2.75, 3.05) is 12.8 Å². The van der Waals surface area contributed by atoms with Crippen LogP contribution in [0, 0.1) is 6.92 Å². The summed E-state index contributed by atoms with van der Waals surface area (Å²) in [4.78, 5) is 3.39. The van der Waals surface area contributed by atoms with Crippen molar-refractivity contribution in [3.63, 3.8) is 0 Å². The van der Waals surface area contributed by atoms with Gasteiger partial charge >= 0.3 is 0 Å². The summed E-state index contributed by atoms with van der Waals surface area (Å²) >= 11 is 0. The van der Waals surface area contributed by atoms with Gasteiger partial charge in [-0.1, -0.05) is 11.6 Å². The molecule has 0 fully saturated rings. The summed E-state index contributed by atoms with van der Waals surface area (Å²) in [6.07, 6.45) is 2.04. The highest BCUT2D eigenvalue weighted by molar-refractivity contribution is 7.88. The number of aryl methyl sites for hydroxylation is 1. The summed E-state index contributed by atoms with van der Waals surface area (Å²) in [6, 6.07) is 6.25. The van der Waals surface area contributed by atoms with Crippen molar-refractivity contribution in [1.29, 1.82) is 0 Å². The number of aromatic amines is 1. The van der Waals surface area contributed by atoms with Gasteiger partial charge < -0.3 is 4.98 Å². The summed E-state index contributed by atoms with van der Waals surface area (Å²) in [5, 5.41) is 1.15. The first-order valence-corrected chi connectivity index (χ1v) is 7.85. The zero-order chi connectivity index (χ0) is 12.9. The molecular weight excluding hydrogens is 248 g/mol. The Bertz CT molecular complexity index is 716. The maximum atomic E-state index is 11.6. The molecule has 3 rings (SSSR count). The minimum absolute atomic E-state index is 0.484. The van der Waals surface area contributed by atoms with E-state index in [1.54, 1.807) is 4.31 Å². The van der Waals surface area contributed by atoms with E-state index >= 15 is 0 Å². The molecule has 1 N–H and O–H groups in total. The van der Waals surface area contributed by atoms with Crippen LogP contribution in [0.15, 0.2) is 18.2 Å². The number of H-pyrrole nitrogens is 1. The predicted octanol–water partition coefficient (Wildman–Crippen LogP) is 1.79. The third kappa shape index (κ3) is 1.83. The number of fused-ring (bicyclic) bond motifs is 3. The van der Waals surface area contributed by atoms with E-state index in [1.807, 2.05) is 0 Å². The van der Waals surface area contributed by atoms with Gasteiger partial charge in [0.15, 0.2) is 0 Å². The Morgan fingerprint density at radius 2 is 2.11 bits per heavy atom. The molecule has 0 saturated heterocycles. The largest absolute Gasteiger partial charge is 0.358 e. The molecule has 0 spiro atoms. The fourth-order valence-corrected chi connectivity index (χ4v) is 3.37. The zero-order valence-corrected chi connectivity index (χ0v) is 11.3. The molecule has 1 aliphatic heterocycles. The molecule has 0 aliphatic carbocycles. The number of aromatic nitrogens is 1. The van der Waals surface area contributed by atoms with Gasteiger partial charge in [-0.2, -0.15) is 4.31 Å². The maximum absolute atomic E-state index is 11.6. The molecule has 0 bridgehead atoms. The van der Waals surface area contributed by atoms with E-state index in [0.717, 1.165) is 22.9 Å². The summed E-state index contributed by atoms with van der Waals surface area (Å²) in [6.45, 7) is 3.10. The molecule has 2 aromatic rings. The second-order valence-corrected chi connectivity index (χ2v) is 6.96. The molecule has 2 heterocycles. The third-order valence-corrected chi connectivity index (χ3v) is 4.81. The Morgan fingerprint density at radius 1 is 1.33 bits per heavy atom. The fourth-order valence-electron chi connectivity index (χ4n) is 2.59.